The number of ether oxygens (including phenoxy) is 6. The van der Waals surface area contributed by atoms with Crippen LogP contribution in [0.15, 0.2) is 168 Å². The van der Waals surface area contributed by atoms with Gasteiger partial charge < -0.3 is 48.2 Å². The Kier molecular flexibility index (Phi) is 26.3. The molecule has 2 N–H and O–H groups in total. The predicted molar refractivity (Wildman–Crippen MR) is 360 cm³/mol. The summed E-state index contributed by atoms with van der Waals surface area (Å²) in [6, 6.07) is 41.8. The fourth-order valence-electron chi connectivity index (χ4n) is 9.80. The minimum atomic E-state index is -1.34. The Morgan fingerprint density at radius 3 is 1.42 bits per heavy atom. The molecule has 18 heteroatoms. The van der Waals surface area contributed by atoms with E-state index < -0.39 is 21.6 Å². The summed E-state index contributed by atoms with van der Waals surface area (Å²) in [5.41, 5.74) is 10.2. The van der Waals surface area contributed by atoms with Gasteiger partial charge in [-0.05, 0) is 191 Å². The van der Waals surface area contributed by atoms with Crippen molar-refractivity contribution < 1.29 is 46.4 Å². The second kappa shape index (κ2) is 35.1. The van der Waals surface area contributed by atoms with E-state index in [1.165, 1.54) is 12.2 Å². The molecule has 0 aliphatic carbocycles. The molecule has 2 amide bonds. The fraction of sp³-hybridized carbons (Fsp3) is 0.333. The molecule has 0 spiro atoms. The molecule has 0 saturated carbocycles. The second-order valence-corrected chi connectivity index (χ2v) is 24.5. The monoisotopic (exact) mass is 1260 g/mol. The number of aromatic nitrogens is 4. The van der Waals surface area contributed by atoms with Gasteiger partial charge >= 0.3 is 0 Å². The topological polar surface area (TPSA) is 183 Å². The van der Waals surface area contributed by atoms with Gasteiger partial charge in [0.1, 0.15) is 36.2 Å². The molecule has 3 atom stereocenters. The molecule has 90 heavy (non-hydrogen) atoms. The molecule has 0 saturated heterocycles. The lowest BCUT2D eigenvalue weighted by molar-refractivity contribution is -0.112. The van der Waals surface area contributed by atoms with Crippen LogP contribution in [0.2, 0.25) is 0 Å². The lowest BCUT2D eigenvalue weighted by atomic mass is 10.0. The van der Waals surface area contributed by atoms with Crippen LogP contribution in [0.5, 0.6) is 23.0 Å². The number of amides is 2. The average Bonchev–Trinajstić information content (AvgIpc) is 1.74. The number of hydrogen-bond donors (Lipinski definition) is 2. The van der Waals surface area contributed by atoms with E-state index in [1.807, 2.05) is 130 Å². The van der Waals surface area contributed by atoms with E-state index in [-0.39, 0.29) is 11.8 Å². The van der Waals surface area contributed by atoms with Gasteiger partial charge in [-0.2, -0.15) is 0 Å². The number of imidazole rings is 2. The van der Waals surface area contributed by atoms with Crippen LogP contribution in [0.1, 0.15) is 94.2 Å². The van der Waals surface area contributed by atoms with Gasteiger partial charge in [0.05, 0.1) is 95.0 Å². The van der Waals surface area contributed by atoms with Gasteiger partial charge in [-0.3, -0.25) is 18.0 Å². The van der Waals surface area contributed by atoms with Crippen LogP contribution in [-0.2, 0) is 65.3 Å². The first-order valence-corrected chi connectivity index (χ1v) is 33.6. The van der Waals surface area contributed by atoms with Gasteiger partial charge in [-0.25, -0.2) is 9.97 Å². The number of aryl methyl sites for hydroxylation is 4. The SMILES string of the molecule is CCCCOCCOc1ccc(-c2ccc(OCC)c(/C=C/C(=O)Nc3ccc([S@](=O)Cc4c(C)ncn4CCC(C)CCOCCOc4ccc(-c5ccc(OCC)c(/C=C/C(=O)Nc6ccc([S@@](=O)Cc7c(C)ncn7CC)cc6)c5)cc4)cc3)c2)cc1. The predicted octanol–water partition coefficient (Wildman–Crippen LogP) is 14.5. The first kappa shape index (κ1) is 67.5. The lowest BCUT2D eigenvalue weighted by Crippen LogP contribution is -2.12. The fourth-order valence-corrected chi connectivity index (χ4v) is 12.3. The minimum absolute atomic E-state index is 0.305. The third kappa shape index (κ3) is 20.3. The smallest absolute Gasteiger partial charge is 0.248 e. The zero-order chi connectivity index (χ0) is 63.6. The van der Waals surface area contributed by atoms with Crippen molar-refractivity contribution in [2.45, 2.75) is 109 Å². The van der Waals surface area contributed by atoms with Crippen LogP contribution in [0.3, 0.4) is 0 Å². The van der Waals surface area contributed by atoms with Crippen molar-refractivity contribution >= 4 is 56.9 Å². The normalized spacial score (nSPS) is 12.5. The van der Waals surface area contributed by atoms with Crippen LogP contribution >= 0.6 is 0 Å². The van der Waals surface area contributed by atoms with Crippen molar-refractivity contribution in [3.8, 4) is 45.3 Å². The van der Waals surface area contributed by atoms with Gasteiger partial charge in [0.25, 0.3) is 0 Å². The second-order valence-electron chi connectivity index (χ2n) is 21.6. The van der Waals surface area contributed by atoms with E-state index in [9.17, 15) is 18.0 Å². The van der Waals surface area contributed by atoms with Crippen molar-refractivity contribution in [2.75, 3.05) is 63.5 Å². The van der Waals surface area contributed by atoms with Crippen molar-refractivity contribution in [3.05, 3.63) is 192 Å². The van der Waals surface area contributed by atoms with Gasteiger partial charge in [-0.15, -0.1) is 0 Å². The highest BCUT2D eigenvalue weighted by Crippen LogP contribution is 2.32. The number of hydrogen-bond acceptors (Lipinski definition) is 12. The number of nitrogens with zero attached hydrogens (tertiary/aromatic N) is 4. The largest absolute Gasteiger partial charge is 0.493 e. The number of nitrogens with one attached hydrogen (secondary N) is 2. The summed E-state index contributed by atoms with van der Waals surface area (Å²) in [5.74, 6) is 3.29. The lowest BCUT2D eigenvalue weighted by Gasteiger charge is -2.14. The molecular weight excluding hydrogens is 1170 g/mol. The van der Waals surface area contributed by atoms with Crippen molar-refractivity contribution in [1.29, 1.82) is 0 Å². The Balaban J connectivity index is 0.732. The number of carbonyl (C=O) groups excluding carboxylic acids is 2. The van der Waals surface area contributed by atoms with Crippen LogP contribution in [0, 0.1) is 19.8 Å². The number of benzene rings is 6. The standard InChI is InChI=1S/C72H84N6O10S2/c1-8-12-40-83-42-44-87-63-25-13-55(14-26-63)57-17-33-69(85-10-3)59(46-57)20-36-72(80)76-62-23-31-66(32-24-62)90(82)49-68-54(7)74-51-78(68)39-37-52(5)38-41-84-43-45-88-64-27-15-56(16-28-64)58-18-34-70(86-11-4)60(47-58)19-35-71(79)75-61-21-29-65(30-22-61)89(81)48-67-53(6)73-50-77(67)9-2/h13-36,46-47,50-52H,8-12,37-45,48-49H2,1-7H3,(H,75,79)(H,76,80)/b35-19+,36-20+/t52?,89-,90+/m0/s1. The third-order valence-corrected chi connectivity index (χ3v) is 17.7. The molecule has 8 rings (SSSR count). The Labute approximate surface area is 535 Å². The summed E-state index contributed by atoms with van der Waals surface area (Å²) in [6.45, 7) is 19.8. The van der Waals surface area contributed by atoms with Crippen LogP contribution in [-0.4, -0.2) is 92.2 Å². The highest BCUT2D eigenvalue weighted by molar-refractivity contribution is 7.84. The maximum Gasteiger partial charge on any atom is 0.248 e. The quantitative estimate of drug-likeness (QED) is 0.0280. The van der Waals surface area contributed by atoms with Crippen LogP contribution < -0.4 is 29.6 Å². The summed E-state index contributed by atoms with van der Waals surface area (Å²) in [7, 11) is -2.60. The summed E-state index contributed by atoms with van der Waals surface area (Å²) >= 11 is 0. The molecule has 0 fully saturated rings. The van der Waals surface area contributed by atoms with E-state index in [4.69, 9.17) is 28.4 Å². The zero-order valence-electron chi connectivity index (χ0n) is 52.7. The van der Waals surface area contributed by atoms with E-state index in [0.29, 0.717) is 96.3 Å². The molecule has 1 unspecified atom stereocenters. The molecule has 474 valence electrons. The molecular formula is C72H84N6O10S2. The molecule has 0 radical (unpaired) electrons. The van der Waals surface area contributed by atoms with Crippen LogP contribution in [0.4, 0.5) is 11.4 Å². The molecule has 2 heterocycles. The summed E-state index contributed by atoms with van der Waals surface area (Å²) in [5, 5.41) is 5.83. The molecule has 6 aromatic carbocycles. The minimum Gasteiger partial charge on any atom is -0.493 e. The van der Waals surface area contributed by atoms with Crippen molar-refractivity contribution in [1.82, 2.24) is 19.1 Å². The Hall–Kier alpha value is -8.42. The van der Waals surface area contributed by atoms with E-state index in [2.05, 4.69) is 39.0 Å². The van der Waals surface area contributed by atoms with Crippen molar-refractivity contribution in [3.63, 3.8) is 0 Å². The molecule has 0 aliphatic rings. The highest BCUT2D eigenvalue weighted by atomic mass is 32.2. The molecule has 2 aromatic heterocycles. The third-order valence-electron chi connectivity index (χ3n) is 15.0. The van der Waals surface area contributed by atoms with Gasteiger partial charge in [0.15, 0.2) is 0 Å². The Morgan fingerprint density at radius 2 is 0.967 bits per heavy atom. The van der Waals surface area contributed by atoms with Gasteiger partial charge in [0, 0.05) is 70.7 Å². The molecule has 0 aliphatic heterocycles. The maximum atomic E-state index is 13.7. The molecule has 8 aromatic rings. The first-order chi connectivity index (χ1) is 43.8. The maximum absolute atomic E-state index is 13.7. The van der Waals surface area contributed by atoms with Crippen molar-refractivity contribution in [2.24, 2.45) is 5.92 Å². The summed E-state index contributed by atoms with van der Waals surface area (Å²) < 4.78 is 66.3. The molecule has 16 nitrogen and oxygen atoms in total. The van der Waals surface area contributed by atoms with E-state index in [0.717, 1.165) is 113 Å². The number of unbranched alkanes of at least 4 members (excludes halogenated alkanes) is 1. The number of anilines is 2. The van der Waals surface area contributed by atoms with Crippen LogP contribution in [0.25, 0.3) is 34.4 Å². The summed E-state index contributed by atoms with van der Waals surface area (Å²) in [6.07, 6.45) is 14.0. The first-order valence-electron chi connectivity index (χ1n) is 30.9. The summed E-state index contributed by atoms with van der Waals surface area (Å²) in [4.78, 5) is 36.5. The van der Waals surface area contributed by atoms with E-state index >= 15 is 0 Å². The Morgan fingerprint density at radius 1 is 0.522 bits per heavy atom. The number of rotatable bonds is 36. The Bertz CT molecular complexity index is 3690. The van der Waals surface area contributed by atoms with Gasteiger partial charge in [0.2, 0.25) is 11.8 Å². The average molecular weight is 1260 g/mol. The van der Waals surface area contributed by atoms with Gasteiger partial charge in [-0.1, -0.05) is 56.7 Å². The number of carbonyl (C=O) groups is 2. The molecule has 0 bridgehead atoms. The zero-order valence-corrected chi connectivity index (χ0v) is 54.4. The van der Waals surface area contributed by atoms with E-state index in [1.54, 1.807) is 67.0 Å². The highest BCUT2D eigenvalue weighted by Gasteiger charge is 2.17.